The molecule has 2 rings (SSSR count). The van der Waals surface area contributed by atoms with E-state index in [-0.39, 0.29) is 0 Å². The summed E-state index contributed by atoms with van der Waals surface area (Å²) in [6, 6.07) is 5.96. The maximum Gasteiger partial charge on any atom is 0.0993 e. The number of hydrogen-bond donors (Lipinski definition) is 0. The lowest BCUT2D eigenvalue weighted by Gasteiger charge is -2.25. The number of aromatic nitrogens is 1. The lowest BCUT2D eigenvalue weighted by Crippen LogP contribution is -2.15. The zero-order valence-corrected chi connectivity index (χ0v) is 11.3. The molecule has 0 aromatic carbocycles. The second-order valence-corrected chi connectivity index (χ2v) is 6.28. The van der Waals surface area contributed by atoms with Crippen LogP contribution < -0.4 is 0 Å². The lowest BCUT2D eigenvalue weighted by molar-refractivity contribution is 0.394. The third-order valence-electron chi connectivity index (χ3n) is 3.23. The Balaban J connectivity index is 2.07. The van der Waals surface area contributed by atoms with E-state index in [0.29, 0.717) is 5.25 Å². The lowest BCUT2D eigenvalue weighted by atomic mass is 9.91. The van der Waals surface area contributed by atoms with E-state index in [2.05, 4.69) is 18.0 Å². The molecule has 0 aliphatic heterocycles. The molecule has 1 aliphatic rings. The van der Waals surface area contributed by atoms with Gasteiger partial charge in [-0.25, -0.2) is 4.98 Å². The fraction of sp³-hybridized carbons (Fsp3) is 0.571. The second-order valence-electron chi connectivity index (χ2n) is 4.96. The van der Waals surface area contributed by atoms with Crippen molar-refractivity contribution in [3.63, 3.8) is 0 Å². The van der Waals surface area contributed by atoms with Crippen LogP contribution in [-0.2, 0) is 0 Å². The van der Waals surface area contributed by atoms with Crippen LogP contribution >= 0.6 is 11.8 Å². The van der Waals surface area contributed by atoms with Crippen LogP contribution in [0.15, 0.2) is 17.2 Å². The van der Waals surface area contributed by atoms with Crippen LogP contribution in [0.5, 0.6) is 0 Å². The van der Waals surface area contributed by atoms with Crippen molar-refractivity contribution in [2.45, 2.75) is 49.8 Å². The first-order valence-corrected chi connectivity index (χ1v) is 7.11. The van der Waals surface area contributed by atoms with Crippen LogP contribution in [0.3, 0.4) is 0 Å². The van der Waals surface area contributed by atoms with E-state index in [1.165, 1.54) is 25.7 Å². The Kier molecular flexibility index (Phi) is 4.06. The molecule has 2 atom stereocenters. The molecule has 0 saturated heterocycles. The molecule has 1 saturated carbocycles. The molecule has 90 valence electrons. The van der Waals surface area contributed by atoms with Gasteiger partial charge >= 0.3 is 0 Å². The molecule has 0 amide bonds. The summed E-state index contributed by atoms with van der Waals surface area (Å²) in [5, 5.41) is 10.6. The first-order valence-electron chi connectivity index (χ1n) is 6.23. The minimum absolute atomic E-state index is 0.680. The van der Waals surface area contributed by atoms with Gasteiger partial charge in [-0.1, -0.05) is 19.8 Å². The van der Waals surface area contributed by atoms with Gasteiger partial charge in [-0.2, -0.15) is 5.26 Å². The van der Waals surface area contributed by atoms with E-state index in [1.54, 1.807) is 0 Å². The Bertz CT molecular complexity index is 436. The number of aryl methyl sites for hydroxylation is 1. The topological polar surface area (TPSA) is 36.7 Å². The molecule has 1 aliphatic carbocycles. The number of nitriles is 1. The Labute approximate surface area is 107 Å². The molecule has 2 unspecified atom stereocenters. The van der Waals surface area contributed by atoms with Gasteiger partial charge in [-0.05, 0) is 37.8 Å². The summed E-state index contributed by atoms with van der Waals surface area (Å²) < 4.78 is 0. The Morgan fingerprint density at radius 3 is 2.94 bits per heavy atom. The Hall–Kier alpha value is -1.01. The maximum absolute atomic E-state index is 8.95. The highest BCUT2D eigenvalue weighted by Crippen LogP contribution is 2.35. The van der Waals surface area contributed by atoms with Crippen molar-refractivity contribution in [2.24, 2.45) is 5.92 Å². The summed E-state index contributed by atoms with van der Waals surface area (Å²) in [6.07, 6.45) is 5.26. The standard InChI is InChI=1S/C14H18N2S/c1-10-4-3-5-13(6-10)17-14-8-12(9-15)7-11(2)16-14/h7-8,10,13H,3-6H2,1-2H3. The van der Waals surface area contributed by atoms with Crippen molar-refractivity contribution in [3.8, 4) is 6.07 Å². The number of pyridine rings is 1. The monoisotopic (exact) mass is 246 g/mol. The highest BCUT2D eigenvalue weighted by Gasteiger charge is 2.20. The zero-order chi connectivity index (χ0) is 12.3. The van der Waals surface area contributed by atoms with E-state index < -0.39 is 0 Å². The van der Waals surface area contributed by atoms with E-state index in [9.17, 15) is 0 Å². The fourth-order valence-electron chi connectivity index (χ4n) is 2.42. The quantitative estimate of drug-likeness (QED) is 0.793. The minimum atomic E-state index is 0.680. The van der Waals surface area contributed by atoms with E-state index in [4.69, 9.17) is 5.26 Å². The summed E-state index contributed by atoms with van der Waals surface area (Å²) in [6.45, 7) is 4.28. The fourth-order valence-corrected chi connectivity index (χ4v) is 3.86. The average molecular weight is 246 g/mol. The molecule has 1 heterocycles. The smallest absolute Gasteiger partial charge is 0.0993 e. The molecule has 1 fully saturated rings. The minimum Gasteiger partial charge on any atom is -0.247 e. The molecule has 17 heavy (non-hydrogen) atoms. The highest BCUT2D eigenvalue weighted by molar-refractivity contribution is 7.99. The van der Waals surface area contributed by atoms with Crippen LogP contribution in [0.1, 0.15) is 43.9 Å². The maximum atomic E-state index is 8.95. The van der Waals surface area contributed by atoms with Crippen LogP contribution in [0.2, 0.25) is 0 Å². The van der Waals surface area contributed by atoms with Crippen molar-refractivity contribution in [1.82, 2.24) is 4.98 Å². The van der Waals surface area contributed by atoms with Crippen LogP contribution in [0.25, 0.3) is 0 Å². The van der Waals surface area contributed by atoms with Gasteiger partial charge in [0, 0.05) is 10.9 Å². The first-order chi connectivity index (χ1) is 8.17. The summed E-state index contributed by atoms with van der Waals surface area (Å²) in [5.74, 6) is 0.835. The highest BCUT2D eigenvalue weighted by atomic mass is 32.2. The summed E-state index contributed by atoms with van der Waals surface area (Å²) in [5.41, 5.74) is 1.67. The number of thioether (sulfide) groups is 1. The third-order valence-corrected chi connectivity index (χ3v) is 4.45. The predicted octanol–water partition coefficient (Wildman–Crippen LogP) is 3.93. The van der Waals surface area contributed by atoms with Gasteiger partial charge in [0.15, 0.2) is 0 Å². The SMILES string of the molecule is Cc1cc(C#N)cc(SC2CCCC(C)C2)n1. The third kappa shape index (κ3) is 3.47. The molecule has 2 nitrogen and oxygen atoms in total. The molecule has 1 aromatic rings. The summed E-state index contributed by atoms with van der Waals surface area (Å²) in [4.78, 5) is 4.51. The molecule has 1 aromatic heterocycles. The Morgan fingerprint density at radius 1 is 1.41 bits per heavy atom. The number of rotatable bonds is 2. The van der Waals surface area contributed by atoms with Crippen molar-refractivity contribution in [2.75, 3.05) is 0 Å². The van der Waals surface area contributed by atoms with Gasteiger partial charge in [0.1, 0.15) is 0 Å². The average Bonchev–Trinajstić information content (AvgIpc) is 2.28. The number of nitrogens with zero attached hydrogens (tertiary/aromatic N) is 2. The molecule has 0 spiro atoms. The van der Waals surface area contributed by atoms with Crippen LogP contribution in [0, 0.1) is 24.2 Å². The van der Waals surface area contributed by atoms with Crippen molar-refractivity contribution in [3.05, 3.63) is 23.4 Å². The van der Waals surface area contributed by atoms with Gasteiger partial charge in [0.2, 0.25) is 0 Å². The molecular weight excluding hydrogens is 228 g/mol. The van der Waals surface area contributed by atoms with Crippen molar-refractivity contribution in [1.29, 1.82) is 5.26 Å². The van der Waals surface area contributed by atoms with Gasteiger partial charge in [-0.15, -0.1) is 11.8 Å². The molecular formula is C14H18N2S. The van der Waals surface area contributed by atoms with E-state index in [0.717, 1.165) is 22.2 Å². The molecule has 3 heteroatoms. The second kappa shape index (κ2) is 5.55. The normalized spacial score (nSPS) is 24.3. The largest absolute Gasteiger partial charge is 0.247 e. The molecule has 0 N–H and O–H groups in total. The van der Waals surface area contributed by atoms with Crippen LogP contribution in [0.4, 0.5) is 0 Å². The zero-order valence-electron chi connectivity index (χ0n) is 10.4. The van der Waals surface area contributed by atoms with Crippen LogP contribution in [-0.4, -0.2) is 10.2 Å². The summed E-state index contributed by atoms with van der Waals surface area (Å²) >= 11 is 1.85. The number of hydrogen-bond acceptors (Lipinski definition) is 3. The first kappa shape index (κ1) is 12.4. The van der Waals surface area contributed by atoms with Gasteiger partial charge in [0.25, 0.3) is 0 Å². The Morgan fingerprint density at radius 2 is 2.24 bits per heavy atom. The van der Waals surface area contributed by atoms with E-state index >= 15 is 0 Å². The van der Waals surface area contributed by atoms with Gasteiger partial charge in [0.05, 0.1) is 16.7 Å². The van der Waals surface area contributed by atoms with E-state index in [1.807, 2.05) is 30.8 Å². The predicted molar refractivity (Wildman–Crippen MR) is 71.0 cm³/mol. The van der Waals surface area contributed by atoms with Crippen molar-refractivity contribution >= 4 is 11.8 Å². The van der Waals surface area contributed by atoms with Crippen molar-refractivity contribution < 1.29 is 0 Å². The van der Waals surface area contributed by atoms with Gasteiger partial charge < -0.3 is 0 Å². The molecule has 0 radical (unpaired) electrons. The molecule has 0 bridgehead atoms. The van der Waals surface area contributed by atoms with Gasteiger partial charge in [-0.3, -0.25) is 0 Å². The summed E-state index contributed by atoms with van der Waals surface area (Å²) in [7, 11) is 0.